The van der Waals surface area contributed by atoms with E-state index in [1.54, 1.807) is 19.2 Å². The van der Waals surface area contributed by atoms with E-state index in [4.69, 9.17) is 0 Å². The lowest BCUT2D eigenvalue weighted by molar-refractivity contribution is 0.370. The number of benzene rings is 1. The Labute approximate surface area is 129 Å². The molecule has 120 valence electrons. The van der Waals surface area contributed by atoms with Crippen molar-refractivity contribution < 1.29 is 8.42 Å². The highest BCUT2D eigenvalue weighted by molar-refractivity contribution is 7.89. The van der Waals surface area contributed by atoms with Crippen molar-refractivity contribution in [1.29, 1.82) is 0 Å². The van der Waals surface area contributed by atoms with Crippen LogP contribution in [0.15, 0.2) is 29.2 Å². The Kier molecular flexibility index (Phi) is 7.31. The van der Waals surface area contributed by atoms with Crippen molar-refractivity contribution in [2.24, 2.45) is 0 Å². The van der Waals surface area contributed by atoms with E-state index in [-0.39, 0.29) is 0 Å². The summed E-state index contributed by atoms with van der Waals surface area (Å²) in [6, 6.07) is 7.20. The molecule has 1 aromatic rings. The fourth-order valence-corrected chi connectivity index (χ4v) is 3.49. The van der Waals surface area contributed by atoms with Crippen LogP contribution >= 0.6 is 0 Å². The topological polar surface area (TPSA) is 52.7 Å². The van der Waals surface area contributed by atoms with E-state index in [0.717, 1.165) is 25.1 Å². The lowest BCUT2D eigenvalue weighted by Crippen LogP contribution is -2.31. The molecule has 0 spiro atoms. The smallest absolute Gasteiger partial charge is 0.243 e. The molecule has 0 aliphatic rings. The van der Waals surface area contributed by atoms with E-state index in [1.807, 2.05) is 33.2 Å². The predicted molar refractivity (Wildman–Crippen MR) is 86.8 cm³/mol. The lowest BCUT2D eigenvalue weighted by Gasteiger charge is -2.20. The Hall–Kier alpha value is -0.950. The van der Waals surface area contributed by atoms with Crippen LogP contribution in [-0.2, 0) is 16.6 Å². The summed E-state index contributed by atoms with van der Waals surface area (Å²) in [5.74, 6) is 0. The van der Waals surface area contributed by atoms with Crippen LogP contribution in [0.4, 0.5) is 0 Å². The second-order valence-corrected chi connectivity index (χ2v) is 7.38. The fourth-order valence-electron chi connectivity index (χ4n) is 2.06. The average molecular weight is 313 g/mol. The summed E-state index contributed by atoms with van der Waals surface area (Å²) >= 11 is 0. The molecular formula is C15H27N3O2S. The lowest BCUT2D eigenvalue weighted by atomic mass is 10.2. The summed E-state index contributed by atoms with van der Waals surface area (Å²) < 4.78 is 26.8. The molecule has 0 aliphatic carbocycles. The van der Waals surface area contributed by atoms with Gasteiger partial charge in [-0.2, -0.15) is 0 Å². The zero-order chi connectivity index (χ0) is 15.9. The average Bonchev–Trinajstić information content (AvgIpc) is 2.44. The molecule has 0 aromatic heterocycles. The number of hydrogen-bond donors (Lipinski definition) is 1. The van der Waals surface area contributed by atoms with Crippen molar-refractivity contribution in [2.45, 2.75) is 24.8 Å². The van der Waals surface area contributed by atoms with Gasteiger partial charge in [-0.3, -0.25) is 0 Å². The first-order valence-corrected chi connectivity index (χ1v) is 8.73. The Morgan fingerprint density at radius 1 is 1.10 bits per heavy atom. The Bertz CT molecular complexity index is 529. The molecule has 0 radical (unpaired) electrons. The number of rotatable bonds is 9. The molecule has 0 fully saturated rings. The molecule has 0 bridgehead atoms. The monoisotopic (exact) mass is 313 g/mol. The van der Waals surface area contributed by atoms with Gasteiger partial charge in [0.2, 0.25) is 10.0 Å². The van der Waals surface area contributed by atoms with Gasteiger partial charge in [0.15, 0.2) is 0 Å². The first-order chi connectivity index (χ1) is 9.89. The first kappa shape index (κ1) is 18.1. The van der Waals surface area contributed by atoms with E-state index in [2.05, 4.69) is 10.2 Å². The molecule has 1 rings (SSSR count). The second-order valence-electron chi connectivity index (χ2n) is 5.37. The van der Waals surface area contributed by atoms with Crippen LogP contribution in [0.25, 0.3) is 0 Å². The van der Waals surface area contributed by atoms with Crippen LogP contribution in [0.5, 0.6) is 0 Å². The van der Waals surface area contributed by atoms with Crippen molar-refractivity contribution >= 4 is 10.0 Å². The predicted octanol–water partition coefficient (Wildman–Crippen LogP) is 1.37. The molecule has 0 saturated heterocycles. The summed E-state index contributed by atoms with van der Waals surface area (Å²) in [6.45, 7) is 4.78. The van der Waals surface area contributed by atoms with Gasteiger partial charge in [0.25, 0.3) is 0 Å². The van der Waals surface area contributed by atoms with E-state index < -0.39 is 10.0 Å². The SMILES string of the molecule is CCNCc1ccccc1S(=O)(=O)N(C)CCCN(C)C. The van der Waals surface area contributed by atoms with Crippen molar-refractivity contribution in [2.75, 3.05) is 40.8 Å². The summed E-state index contributed by atoms with van der Waals surface area (Å²) in [7, 11) is 2.20. The number of nitrogens with zero attached hydrogens (tertiary/aromatic N) is 2. The Balaban J connectivity index is 2.86. The summed E-state index contributed by atoms with van der Waals surface area (Å²) in [4.78, 5) is 2.46. The van der Waals surface area contributed by atoms with Crippen LogP contribution < -0.4 is 5.32 Å². The highest BCUT2D eigenvalue weighted by Crippen LogP contribution is 2.19. The highest BCUT2D eigenvalue weighted by Gasteiger charge is 2.22. The molecule has 1 aromatic carbocycles. The quantitative estimate of drug-likeness (QED) is 0.748. The summed E-state index contributed by atoms with van der Waals surface area (Å²) in [6.07, 6.45) is 0.818. The van der Waals surface area contributed by atoms with E-state index in [0.29, 0.717) is 18.0 Å². The minimum absolute atomic E-state index is 0.401. The third kappa shape index (κ3) is 5.39. The van der Waals surface area contributed by atoms with Gasteiger partial charge >= 0.3 is 0 Å². The van der Waals surface area contributed by atoms with Crippen molar-refractivity contribution in [3.8, 4) is 0 Å². The Morgan fingerprint density at radius 2 is 1.76 bits per heavy atom. The molecule has 0 unspecified atom stereocenters. The standard InChI is InChI=1S/C15H27N3O2S/c1-5-16-13-14-9-6-7-10-15(14)21(19,20)18(4)12-8-11-17(2)3/h6-7,9-10,16H,5,8,11-13H2,1-4H3. The number of nitrogens with one attached hydrogen (secondary N) is 1. The Morgan fingerprint density at radius 3 is 2.38 bits per heavy atom. The number of hydrogen-bond acceptors (Lipinski definition) is 4. The molecule has 21 heavy (non-hydrogen) atoms. The molecule has 0 heterocycles. The molecular weight excluding hydrogens is 286 g/mol. The molecule has 0 saturated carbocycles. The van der Waals surface area contributed by atoms with E-state index >= 15 is 0 Å². The molecule has 0 atom stereocenters. The maximum atomic E-state index is 12.7. The third-order valence-electron chi connectivity index (χ3n) is 3.30. The van der Waals surface area contributed by atoms with Gasteiger partial charge < -0.3 is 10.2 Å². The largest absolute Gasteiger partial charge is 0.313 e. The summed E-state index contributed by atoms with van der Waals surface area (Å²) in [5, 5.41) is 3.18. The van der Waals surface area contributed by atoms with Crippen LogP contribution in [0, 0.1) is 0 Å². The molecule has 1 N–H and O–H groups in total. The van der Waals surface area contributed by atoms with Gasteiger partial charge in [-0.25, -0.2) is 12.7 Å². The normalized spacial score (nSPS) is 12.3. The highest BCUT2D eigenvalue weighted by atomic mass is 32.2. The molecule has 0 aliphatic heterocycles. The fraction of sp³-hybridized carbons (Fsp3) is 0.600. The van der Waals surface area contributed by atoms with Crippen molar-refractivity contribution in [1.82, 2.24) is 14.5 Å². The van der Waals surface area contributed by atoms with Crippen LogP contribution in [0.1, 0.15) is 18.9 Å². The minimum atomic E-state index is -3.42. The molecule has 0 amide bonds. The zero-order valence-corrected chi connectivity index (χ0v) is 14.3. The van der Waals surface area contributed by atoms with Crippen molar-refractivity contribution in [3.63, 3.8) is 0 Å². The third-order valence-corrected chi connectivity index (χ3v) is 5.26. The van der Waals surface area contributed by atoms with Crippen molar-refractivity contribution in [3.05, 3.63) is 29.8 Å². The summed E-state index contributed by atoms with van der Waals surface area (Å²) in [5.41, 5.74) is 0.818. The maximum absolute atomic E-state index is 12.7. The van der Waals surface area contributed by atoms with Gasteiger partial charge in [-0.1, -0.05) is 25.1 Å². The second kappa shape index (κ2) is 8.48. The first-order valence-electron chi connectivity index (χ1n) is 7.29. The van der Waals surface area contributed by atoms with Gasteiger partial charge in [0.1, 0.15) is 0 Å². The van der Waals surface area contributed by atoms with Gasteiger partial charge in [0.05, 0.1) is 4.90 Å². The van der Waals surface area contributed by atoms with Gasteiger partial charge in [0, 0.05) is 20.1 Å². The molecule has 5 nitrogen and oxygen atoms in total. The van der Waals surface area contributed by atoms with Crippen LogP contribution in [-0.4, -0.2) is 58.4 Å². The van der Waals surface area contributed by atoms with E-state index in [1.165, 1.54) is 4.31 Å². The van der Waals surface area contributed by atoms with Gasteiger partial charge in [-0.15, -0.1) is 0 Å². The molecule has 6 heteroatoms. The van der Waals surface area contributed by atoms with Gasteiger partial charge in [-0.05, 0) is 45.2 Å². The maximum Gasteiger partial charge on any atom is 0.243 e. The van der Waals surface area contributed by atoms with Crippen LogP contribution in [0.2, 0.25) is 0 Å². The number of sulfonamides is 1. The minimum Gasteiger partial charge on any atom is -0.313 e. The zero-order valence-electron chi connectivity index (χ0n) is 13.5. The van der Waals surface area contributed by atoms with E-state index in [9.17, 15) is 8.42 Å². The van der Waals surface area contributed by atoms with Crippen LogP contribution in [0.3, 0.4) is 0 Å².